The lowest BCUT2D eigenvalue weighted by molar-refractivity contribution is -0.711. The summed E-state index contributed by atoms with van der Waals surface area (Å²) in [7, 11) is 0. The molecule has 19 heavy (non-hydrogen) atoms. The van der Waals surface area contributed by atoms with Crippen LogP contribution in [-0.2, 0) is 20.9 Å². The second-order valence-corrected chi connectivity index (χ2v) is 3.36. The Morgan fingerprint density at radius 1 is 1.32 bits per heavy atom. The zero-order chi connectivity index (χ0) is 14.3. The van der Waals surface area contributed by atoms with E-state index in [1.165, 1.54) is 24.3 Å². The highest BCUT2D eigenvalue weighted by Crippen LogP contribution is 2.11. The smallest absolute Gasteiger partial charge is 0.396 e. The standard InChI is InChI=1S/C11H12N2O6/c1-2-18-11(15)10(14)12-7-8-3-5-9(6-4-8)19-13(16)17/h3-6H,2,7H2,1H3,(H,12,14). The average molecular weight is 268 g/mol. The molecule has 0 fully saturated rings. The van der Waals surface area contributed by atoms with E-state index in [0.717, 1.165) is 0 Å². The van der Waals surface area contributed by atoms with Crippen LogP contribution in [0.4, 0.5) is 0 Å². The molecule has 1 N–H and O–H groups in total. The largest absolute Gasteiger partial charge is 0.459 e. The molecule has 1 amide bonds. The molecule has 1 rings (SSSR count). The van der Waals surface area contributed by atoms with Gasteiger partial charge in [-0.2, -0.15) is 0 Å². The van der Waals surface area contributed by atoms with Gasteiger partial charge in [-0.3, -0.25) is 9.63 Å². The van der Waals surface area contributed by atoms with Gasteiger partial charge in [0.05, 0.1) is 6.61 Å². The van der Waals surface area contributed by atoms with Gasteiger partial charge in [0.15, 0.2) is 0 Å². The lowest BCUT2D eigenvalue weighted by Crippen LogP contribution is -2.32. The number of hydrogen-bond acceptors (Lipinski definition) is 6. The van der Waals surface area contributed by atoms with Crippen LogP contribution in [0, 0.1) is 10.1 Å². The van der Waals surface area contributed by atoms with Gasteiger partial charge in [0.25, 0.3) is 5.09 Å². The van der Waals surface area contributed by atoms with E-state index in [-0.39, 0.29) is 18.9 Å². The fraction of sp³-hybridized carbons (Fsp3) is 0.273. The van der Waals surface area contributed by atoms with Gasteiger partial charge in [-0.15, -0.1) is 10.1 Å². The van der Waals surface area contributed by atoms with E-state index in [2.05, 4.69) is 14.9 Å². The minimum absolute atomic E-state index is 0.0745. The maximum absolute atomic E-state index is 11.2. The van der Waals surface area contributed by atoms with Crippen molar-refractivity contribution in [2.45, 2.75) is 13.5 Å². The molecule has 0 saturated heterocycles. The summed E-state index contributed by atoms with van der Waals surface area (Å²) in [6.45, 7) is 1.83. The van der Waals surface area contributed by atoms with Crippen molar-refractivity contribution in [3.8, 4) is 5.75 Å². The summed E-state index contributed by atoms with van der Waals surface area (Å²) in [5.41, 5.74) is 0.661. The lowest BCUT2D eigenvalue weighted by Gasteiger charge is -2.05. The fourth-order valence-electron chi connectivity index (χ4n) is 1.21. The minimum atomic E-state index is -0.948. The molecule has 0 unspecified atom stereocenters. The van der Waals surface area contributed by atoms with Gasteiger partial charge < -0.3 is 10.1 Å². The van der Waals surface area contributed by atoms with Crippen LogP contribution in [0.1, 0.15) is 12.5 Å². The van der Waals surface area contributed by atoms with Crippen LogP contribution in [0.25, 0.3) is 0 Å². The Kier molecular flexibility index (Phi) is 5.27. The number of benzene rings is 1. The van der Waals surface area contributed by atoms with Crippen molar-refractivity contribution in [3.05, 3.63) is 39.9 Å². The summed E-state index contributed by atoms with van der Waals surface area (Å²) in [5.74, 6) is -1.71. The maximum Gasteiger partial charge on any atom is 0.396 e. The molecule has 0 aliphatic carbocycles. The second-order valence-electron chi connectivity index (χ2n) is 3.36. The van der Waals surface area contributed by atoms with Crippen LogP contribution in [0.15, 0.2) is 24.3 Å². The first-order valence-electron chi connectivity index (χ1n) is 5.39. The van der Waals surface area contributed by atoms with E-state index in [9.17, 15) is 19.7 Å². The number of carbonyl (C=O) groups excluding carboxylic acids is 2. The summed E-state index contributed by atoms with van der Waals surface area (Å²) in [6.07, 6.45) is 0. The Balaban J connectivity index is 2.47. The van der Waals surface area contributed by atoms with Crippen molar-refractivity contribution >= 4 is 11.9 Å². The van der Waals surface area contributed by atoms with Crippen LogP contribution in [0.2, 0.25) is 0 Å². The molecule has 0 aromatic heterocycles. The summed E-state index contributed by atoms with van der Waals surface area (Å²) < 4.78 is 4.51. The first-order valence-corrected chi connectivity index (χ1v) is 5.39. The molecule has 1 aromatic carbocycles. The summed E-state index contributed by atoms with van der Waals surface area (Å²) in [6, 6.07) is 5.83. The van der Waals surface area contributed by atoms with Gasteiger partial charge in [0.2, 0.25) is 0 Å². The number of rotatable bonds is 5. The zero-order valence-electron chi connectivity index (χ0n) is 10.1. The Hall–Kier alpha value is -2.64. The molecule has 0 spiro atoms. The quantitative estimate of drug-likeness (QED) is 0.359. The Labute approximate surface area is 108 Å². The van der Waals surface area contributed by atoms with Gasteiger partial charge in [0, 0.05) is 6.54 Å². The topological polar surface area (TPSA) is 108 Å². The van der Waals surface area contributed by atoms with Crippen LogP contribution in [0.3, 0.4) is 0 Å². The predicted octanol–water partition coefficient (Wildman–Crippen LogP) is 0.436. The molecular formula is C11H12N2O6. The van der Waals surface area contributed by atoms with E-state index in [1.54, 1.807) is 6.92 Å². The molecule has 1 aromatic rings. The van der Waals surface area contributed by atoms with Gasteiger partial charge >= 0.3 is 11.9 Å². The summed E-state index contributed by atoms with van der Waals surface area (Å²) in [4.78, 5) is 36.5. The minimum Gasteiger partial charge on any atom is -0.459 e. The molecular weight excluding hydrogens is 256 g/mol. The van der Waals surface area contributed by atoms with Gasteiger partial charge in [0.1, 0.15) is 5.75 Å². The third-order valence-corrected chi connectivity index (χ3v) is 2.02. The average Bonchev–Trinajstić information content (AvgIpc) is 2.37. The number of nitrogens with one attached hydrogen (secondary N) is 1. The van der Waals surface area contributed by atoms with Crippen molar-refractivity contribution in [2.75, 3.05) is 6.61 Å². The van der Waals surface area contributed by atoms with E-state index in [0.29, 0.717) is 5.56 Å². The van der Waals surface area contributed by atoms with E-state index in [4.69, 9.17) is 0 Å². The van der Waals surface area contributed by atoms with Crippen LogP contribution >= 0.6 is 0 Å². The lowest BCUT2D eigenvalue weighted by atomic mass is 10.2. The molecule has 0 bridgehead atoms. The first kappa shape index (κ1) is 14.4. The predicted molar refractivity (Wildman–Crippen MR) is 62.5 cm³/mol. The van der Waals surface area contributed by atoms with Gasteiger partial charge in [-0.1, -0.05) is 12.1 Å². The van der Waals surface area contributed by atoms with E-state index >= 15 is 0 Å². The monoisotopic (exact) mass is 268 g/mol. The molecule has 0 aliphatic rings. The van der Waals surface area contributed by atoms with Crippen molar-refractivity contribution in [1.82, 2.24) is 5.32 Å². The molecule has 0 aliphatic heterocycles. The molecule has 8 nitrogen and oxygen atoms in total. The number of carbonyl (C=O) groups is 2. The van der Waals surface area contributed by atoms with Gasteiger partial charge in [-0.25, -0.2) is 4.79 Å². The molecule has 0 atom stereocenters. The van der Waals surface area contributed by atoms with Crippen molar-refractivity contribution < 1.29 is 24.3 Å². The zero-order valence-corrected chi connectivity index (χ0v) is 10.1. The van der Waals surface area contributed by atoms with Crippen molar-refractivity contribution in [1.29, 1.82) is 0 Å². The number of nitrogens with zero attached hydrogens (tertiary/aromatic N) is 1. The number of esters is 1. The molecule has 0 radical (unpaired) electrons. The van der Waals surface area contributed by atoms with Gasteiger partial charge in [-0.05, 0) is 24.6 Å². The highest BCUT2D eigenvalue weighted by atomic mass is 17.0. The highest BCUT2D eigenvalue weighted by molar-refractivity contribution is 6.32. The second kappa shape index (κ2) is 6.94. The highest BCUT2D eigenvalue weighted by Gasteiger charge is 2.13. The van der Waals surface area contributed by atoms with Crippen LogP contribution < -0.4 is 10.2 Å². The first-order chi connectivity index (χ1) is 9.02. The maximum atomic E-state index is 11.2. The van der Waals surface area contributed by atoms with Crippen LogP contribution in [0.5, 0.6) is 5.75 Å². The number of hydrogen-bond donors (Lipinski definition) is 1. The molecule has 8 heteroatoms. The van der Waals surface area contributed by atoms with Crippen LogP contribution in [-0.4, -0.2) is 23.6 Å². The molecule has 0 heterocycles. The number of ether oxygens (including phenoxy) is 1. The normalized spacial score (nSPS) is 9.53. The van der Waals surface area contributed by atoms with Crippen molar-refractivity contribution in [2.24, 2.45) is 0 Å². The third-order valence-electron chi connectivity index (χ3n) is 2.02. The molecule has 0 saturated carbocycles. The summed E-state index contributed by atoms with van der Waals surface area (Å²) in [5, 5.41) is 11.5. The van der Waals surface area contributed by atoms with E-state index < -0.39 is 17.0 Å². The Morgan fingerprint density at radius 2 is 1.95 bits per heavy atom. The Morgan fingerprint density at radius 3 is 2.47 bits per heavy atom. The third kappa shape index (κ3) is 5.02. The van der Waals surface area contributed by atoms with Crippen molar-refractivity contribution in [3.63, 3.8) is 0 Å². The fourth-order valence-corrected chi connectivity index (χ4v) is 1.21. The molecule has 102 valence electrons. The summed E-state index contributed by atoms with van der Waals surface area (Å²) >= 11 is 0. The van der Waals surface area contributed by atoms with E-state index in [1.807, 2.05) is 0 Å². The number of amides is 1. The SMILES string of the molecule is CCOC(=O)C(=O)NCc1ccc(O[N+](=O)[O-])cc1. The Bertz CT molecular complexity index is 471.